The Hall–Kier alpha value is -1.88. The summed E-state index contributed by atoms with van der Waals surface area (Å²) >= 11 is 0. The number of amides is 2. The van der Waals surface area contributed by atoms with Crippen molar-refractivity contribution in [2.75, 3.05) is 19.7 Å². The van der Waals surface area contributed by atoms with Crippen LogP contribution < -0.4 is 0 Å². The number of piperidine rings is 1. The summed E-state index contributed by atoms with van der Waals surface area (Å²) in [5.74, 6) is -0.283. The first kappa shape index (κ1) is 15.0. The summed E-state index contributed by atoms with van der Waals surface area (Å²) in [6, 6.07) is 9.93. The molecular weight excluding hydrogens is 280 g/mol. The van der Waals surface area contributed by atoms with Crippen LogP contribution in [0.2, 0.25) is 0 Å². The molecule has 1 spiro atoms. The summed E-state index contributed by atoms with van der Waals surface area (Å²) in [4.78, 5) is 28.5. The van der Waals surface area contributed by atoms with Gasteiger partial charge in [-0.05, 0) is 31.2 Å². The molecule has 2 saturated heterocycles. The van der Waals surface area contributed by atoms with E-state index in [2.05, 4.69) is 0 Å². The third-order valence-electron chi connectivity index (χ3n) is 4.85. The predicted molar refractivity (Wildman–Crippen MR) is 81.9 cm³/mol. The second kappa shape index (κ2) is 6.08. The Bertz CT molecular complexity index is 560. The molecule has 0 radical (unpaired) electrons. The van der Waals surface area contributed by atoms with Crippen molar-refractivity contribution >= 4 is 11.8 Å². The second-order valence-corrected chi connectivity index (χ2v) is 6.15. The van der Waals surface area contributed by atoms with E-state index in [1.807, 2.05) is 35.2 Å². The summed E-state index contributed by atoms with van der Waals surface area (Å²) in [6.07, 6.45) is 3.15. The Kier molecular flexibility index (Phi) is 4.16. The van der Waals surface area contributed by atoms with Crippen molar-refractivity contribution in [1.29, 1.82) is 0 Å². The van der Waals surface area contributed by atoms with Crippen LogP contribution in [0.25, 0.3) is 0 Å². The molecule has 0 aliphatic carbocycles. The van der Waals surface area contributed by atoms with Gasteiger partial charge < -0.3 is 14.9 Å². The molecule has 1 aromatic rings. The van der Waals surface area contributed by atoms with E-state index >= 15 is 0 Å². The van der Waals surface area contributed by atoms with Crippen molar-refractivity contribution in [3.8, 4) is 0 Å². The van der Waals surface area contributed by atoms with Crippen molar-refractivity contribution < 1.29 is 14.7 Å². The van der Waals surface area contributed by atoms with Crippen LogP contribution in [0.15, 0.2) is 30.3 Å². The molecule has 1 N–H and O–H groups in total. The standard InChI is InChI=1S/C17H22N2O3/c20-13-15(21)19-11-5-9-17(19)8-4-10-18(16(17)22)12-14-6-2-1-3-7-14/h1-3,6-7,20H,4-5,8-13H2. The molecule has 0 bridgehead atoms. The molecule has 1 unspecified atom stereocenters. The lowest BCUT2D eigenvalue weighted by molar-refractivity contribution is -0.157. The average molecular weight is 302 g/mol. The van der Waals surface area contributed by atoms with Gasteiger partial charge in [0.2, 0.25) is 11.8 Å². The molecule has 0 aromatic heterocycles. The predicted octanol–water partition coefficient (Wildman–Crippen LogP) is 1.16. The number of aliphatic hydroxyl groups is 1. The van der Waals surface area contributed by atoms with Crippen LogP contribution in [-0.4, -0.2) is 52.0 Å². The van der Waals surface area contributed by atoms with Crippen molar-refractivity contribution in [3.05, 3.63) is 35.9 Å². The summed E-state index contributed by atoms with van der Waals surface area (Å²) in [5.41, 5.74) is 0.387. The summed E-state index contributed by atoms with van der Waals surface area (Å²) in [5, 5.41) is 9.18. The van der Waals surface area contributed by atoms with E-state index in [0.717, 1.165) is 24.9 Å². The van der Waals surface area contributed by atoms with Gasteiger partial charge in [0.1, 0.15) is 12.1 Å². The first-order chi connectivity index (χ1) is 10.7. The Morgan fingerprint density at radius 1 is 1.14 bits per heavy atom. The van der Waals surface area contributed by atoms with Gasteiger partial charge in [0.05, 0.1) is 0 Å². The Morgan fingerprint density at radius 3 is 2.50 bits per heavy atom. The summed E-state index contributed by atoms with van der Waals surface area (Å²) < 4.78 is 0. The van der Waals surface area contributed by atoms with Crippen LogP contribution in [0.3, 0.4) is 0 Å². The van der Waals surface area contributed by atoms with Crippen LogP contribution >= 0.6 is 0 Å². The summed E-state index contributed by atoms with van der Waals surface area (Å²) in [6.45, 7) is 1.37. The minimum atomic E-state index is -0.715. The molecule has 1 aromatic carbocycles. The number of carbonyl (C=O) groups is 2. The highest BCUT2D eigenvalue weighted by Crippen LogP contribution is 2.38. The number of likely N-dealkylation sites (tertiary alicyclic amines) is 2. The molecule has 0 saturated carbocycles. The van der Waals surface area contributed by atoms with E-state index in [4.69, 9.17) is 0 Å². The molecule has 3 rings (SSSR count). The molecule has 22 heavy (non-hydrogen) atoms. The number of hydrogen-bond acceptors (Lipinski definition) is 3. The van der Waals surface area contributed by atoms with Crippen molar-refractivity contribution in [2.45, 2.75) is 37.8 Å². The molecule has 118 valence electrons. The SMILES string of the molecule is O=C(CO)N1CCCC12CCCN(Cc1ccccc1)C2=O. The number of nitrogens with zero attached hydrogens (tertiary/aromatic N) is 2. The molecule has 2 aliphatic heterocycles. The number of rotatable bonds is 3. The fraction of sp³-hybridized carbons (Fsp3) is 0.529. The lowest BCUT2D eigenvalue weighted by Crippen LogP contribution is -2.61. The van der Waals surface area contributed by atoms with Gasteiger partial charge in [-0.25, -0.2) is 0 Å². The lowest BCUT2D eigenvalue weighted by Gasteiger charge is -2.44. The monoisotopic (exact) mass is 302 g/mol. The minimum Gasteiger partial charge on any atom is -0.387 e. The summed E-state index contributed by atoms with van der Waals surface area (Å²) in [7, 11) is 0. The highest BCUT2D eigenvalue weighted by Gasteiger charge is 2.52. The Labute approximate surface area is 130 Å². The average Bonchev–Trinajstić information content (AvgIpc) is 2.97. The minimum absolute atomic E-state index is 0.0434. The molecule has 2 heterocycles. The third-order valence-corrected chi connectivity index (χ3v) is 4.85. The van der Waals surface area contributed by atoms with Gasteiger partial charge in [0, 0.05) is 19.6 Å². The number of benzene rings is 1. The quantitative estimate of drug-likeness (QED) is 0.911. The molecule has 2 amide bonds. The van der Waals surface area contributed by atoms with Gasteiger partial charge in [-0.3, -0.25) is 9.59 Å². The lowest BCUT2D eigenvalue weighted by atomic mass is 9.85. The van der Waals surface area contributed by atoms with Crippen LogP contribution in [0.5, 0.6) is 0 Å². The number of hydrogen-bond donors (Lipinski definition) is 1. The van der Waals surface area contributed by atoms with E-state index in [1.54, 1.807) is 4.90 Å². The third kappa shape index (κ3) is 2.50. The fourth-order valence-electron chi connectivity index (χ4n) is 3.83. The highest BCUT2D eigenvalue weighted by molar-refractivity contribution is 5.93. The maximum atomic E-state index is 13.0. The molecular formula is C17H22N2O3. The smallest absolute Gasteiger partial charge is 0.249 e. The Balaban J connectivity index is 1.81. The second-order valence-electron chi connectivity index (χ2n) is 6.15. The molecule has 5 heteroatoms. The first-order valence-corrected chi connectivity index (χ1v) is 7.92. The number of carbonyl (C=O) groups excluding carboxylic acids is 2. The van der Waals surface area contributed by atoms with E-state index in [9.17, 15) is 14.7 Å². The van der Waals surface area contributed by atoms with E-state index in [1.165, 1.54) is 0 Å². The Morgan fingerprint density at radius 2 is 1.82 bits per heavy atom. The zero-order chi connectivity index (χ0) is 15.6. The molecule has 1 atom stereocenters. The number of aliphatic hydroxyl groups excluding tert-OH is 1. The zero-order valence-electron chi connectivity index (χ0n) is 12.7. The zero-order valence-corrected chi connectivity index (χ0v) is 12.7. The maximum Gasteiger partial charge on any atom is 0.249 e. The van der Waals surface area contributed by atoms with Crippen molar-refractivity contribution in [2.24, 2.45) is 0 Å². The first-order valence-electron chi connectivity index (χ1n) is 7.92. The highest BCUT2D eigenvalue weighted by atomic mass is 16.3. The van der Waals surface area contributed by atoms with E-state index < -0.39 is 12.1 Å². The van der Waals surface area contributed by atoms with Crippen LogP contribution in [0.1, 0.15) is 31.2 Å². The molecule has 2 fully saturated rings. The van der Waals surface area contributed by atoms with Crippen LogP contribution in [-0.2, 0) is 16.1 Å². The van der Waals surface area contributed by atoms with Crippen molar-refractivity contribution in [3.63, 3.8) is 0 Å². The van der Waals surface area contributed by atoms with Gasteiger partial charge in [0.15, 0.2) is 0 Å². The fourth-order valence-corrected chi connectivity index (χ4v) is 3.83. The largest absolute Gasteiger partial charge is 0.387 e. The van der Waals surface area contributed by atoms with Crippen LogP contribution in [0, 0.1) is 0 Å². The van der Waals surface area contributed by atoms with Gasteiger partial charge in [0.25, 0.3) is 0 Å². The van der Waals surface area contributed by atoms with E-state index in [-0.39, 0.29) is 11.8 Å². The van der Waals surface area contributed by atoms with E-state index in [0.29, 0.717) is 25.9 Å². The van der Waals surface area contributed by atoms with Crippen molar-refractivity contribution in [1.82, 2.24) is 9.80 Å². The van der Waals surface area contributed by atoms with Gasteiger partial charge in [-0.2, -0.15) is 0 Å². The molecule has 5 nitrogen and oxygen atoms in total. The van der Waals surface area contributed by atoms with Gasteiger partial charge in [-0.15, -0.1) is 0 Å². The maximum absolute atomic E-state index is 13.0. The molecule has 2 aliphatic rings. The topological polar surface area (TPSA) is 60.9 Å². The van der Waals surface area contributed by atoms with Crippen LogP contribution in [0.4, 0.5) is 0 Å². The van der Waals surface area contributed by atoms with Gasteiger partial charge in [-0.1, -0.05) is 30.3 Å². The van der Waals surface area contributed by atoms with Gasteiger partial charge >= 0.3 is 0 Å². The normalized spacial score (nSPS) is 25.0.